The summed E-state index contributed by atoms with van der Waals surface area (Å²) in [6.07, 6.45) is 14.2. The first-order valence-corrected chi connectivity index (χ1v) is 12.0. The van der Waals surface area contributed by atoms with Crippen LogP contribution in [0.15, 0.2) is 12.1 Å². The van der Waals surface area contributed by atoms with Crippen LogP contribution < -0.4 is 4.90 Å². The number of unbranched alkanes of at least 4 members (excludes halogenated alkanes) is 4. The molecule has 0 bridgehead atoms. The Labute approximate surface area is 181 Å². The zero-order chi connectivity index (χ0) is 20.1. The van der Waals surface area contributed by atoms with E-state index in [0.717, 1.165) is 48.0 Å². The number of hydrogen-bond acceptors (Lipinski definition) is 1. The van der Waals surface area contributed by atoms with Crippen molar-refractivity contribution in [2.24, 2.45) is 5.92 Å². The van der Waals surface area contributed by atoms with E-state index in [4.69, 9.17) is 23.2 Å². The lowest BCUT2D eigenvalue weighted by molar-refractivity contribution is -0.118. The Hall–Kier alpha value is -0.730. The summed E-state index contributed by atoms with van der Waals surface area (Å²) < 4.78 is 0. The van der Waals surface area contributed by atoms with E-state index < -0.39 is 0 Å². The number of nitrogens with zero attached hydrogens (tertiary/aromatic N) is 1. The standard InChI is InChI=1S/C24H35Cl2NO/c1-3-4-5-6-10-13-22(28)27-17-24(2,16-18-11-8-7-9-12-18)23-20(26)14-19(25)15-21(23)27/h14-15,18H,3-13,16-17H2,1-2H3. The molecule has 1 atom stereocenters. The second-order valence-corrected chi connectivity index (χ2v) is 10.0. The van der Waals surface area contributed by atoms with Crippen molar-refractivity contribution in [2.45, 2.75) is 96.3 Å². The van der Waals surface area contributed by atoms with Gasteiger partial charge < -0.3 is 4.90 Å². The van der Waals surface area contributed by atoms with Gasteiger partial charge in [-0.05, 0) is 30.9 Å². The van der Waals surface area contributed by atoms with E-state index in [1.807, 2.05) is 17.0 Å². The van der Waals surface area contributed by atoms with E-state index in [-0.39, 0.29) is 11.3 Å². The van der Waals surface area contributed by atoms with Gasteiger partial charge in [0, 0.05) is 34.0 Å². The van der Waals surface area contributed by atoms with Gasteiger partial charge >= 0.3 is 0 Å². The fourth-order valence-electron chi connectivity index (χ4n) is 5.32. The zero-order valence-corrected chi connectivity index (χ0v) is 19.0. The summed E-state index contributed by atoms with van der Waals surface area (Å²) in [7, 11) is 0. The van der Waals surface area contributed by atoms with Crippen molar-refractivity contribution in [3.05, 3.63) is 27.7 Å². The van der Waals surface area contributed by atoms with E-state index in [2.05, 4.69) is 13.8 Å². The Kier molecular flexibility index (Phi) is 7.73. The van der Waals surface area contributed by atoms with Crippen molar-refractivity contribution in [3.8, 4) is 0 Å². The molecule has 1 aliphatic heterocycles. The molecule has 28 heavy (non-hydrogen) atoms. The minimum atomic E-state index is -0.0725. The number of hydrogen-bond donors (Lipinski definition) is 0. The molecule has 2 nitrogen and oxygen atoms in total. The van der Waals surface area contributed by atoms with Crippen molar-refractivity contribution >= 4 is 34.8 Å². The molecule has 1 fully saturated rings. The molecule has 156 valence electrons. The third-order valence-corrected chi connectivity index (χ3v) is 7.21. The van der Waals surface area contributed by atoms with E-state index >= 15 is 0 Å². The van der Waals surface area contributed by atoms with Crippen LogP contribution in [0.1, 0.15) is 96.5 Å². The summed E-state index contributed by atoms with van der Waals surface area (Å²) in [5, 5.41) is 1.34. The normalized spacial score (nSPS) is 22.5. The molecule has 1 saturated carbocycles. The van der Waals surface area contributed by atoms with Gasteiger partial charge in [0.05, 0.1) is 5.69 Å². The highest BCUT2D eigenvalue weighted by molar-refractivity contribution is 6.36. The van der Waals surface area contributed by atoms with Crippen LogP contribution in [0.25, 0.3) is 0 Å². The van der Waals surface area contributed by atoms with E-state index in [0.29, 0.717) is 11.4 Å². The molecule has 1 heterocycles. The molecule has 1 aromatic rings. The number of carbonyl (C=O) groups is 1. The molecular formula is C24H35Cl2NO. The maximum atomic E-state index is 13.1. The lowest BCUT2D eigenvalue weighted by Gasteiger charge is -2.32. The number of rotatable bonds is 8. The van der Waals surface area contributed by atoms with Crippen molar-refractivity contribution in [1.82, 2.24) is 0 Å². The van der Waals surface area contributed by atoms with E-state index in [1.54, 1.807) is 0 Å². The number of anilines is 1. The van der Waals surface area contributed by atoms with Crippen LogP contribution in [-0.4, -0.2) is 12.5 Å². The Morgan fingerprint density at radius 1 is 1.11 bits per heavy atom. The van der Waals surface area contributed by atoms with E-state index in [1.165, 1.54) is 51.4 Å². The Balaban J connectivity index is 1.77. The largest absolute Gasteiger partial charge is 0.311 e. The minimum Gasteiger partial charge on any atom is -0.311 e. The number of carbonyl (C=O) groups excluding carboxylic acids is 1. The predicted molar refractivity (Wildman–Crippen MR) is 121 cm³/mol. The summed E-state index contributed by atoms with van der Waals surface area (Å²) >= 11 is 13.0. The smallest absolute Gasteiger partial charge is 0.227 e. The van der Waals surface area contributed by atoms with Gasteiger partial charge in [0.15, 0.2) is 0 Å². The summed E-state index contributed by atoms with van der Waals surface area (Å²) in [4.78, 5) is 15.1. The molecule has 0 N–H and O–H groups in total. The van der Waals surface area contributed by atoms with Gasteiger partial charge in [-0.1, -0.05) is 94.8 Å². The first kappa shape index (κ1) is 22.0. The maximum Gasteiger partial charge on any atom is 0.227 e. The molecule has 1 amide bonds. The molecule has 1 unspecified atom stereocenters. The van der Waals surface area contributed by atoms with Crippen LogP contribution in [0.2, 0.25) is 10.0 Å². The minimum absolute atomic E-state index is 0.0725. The number of amides is 1. The molecule has 0 radical (unpaired) electrons. The van der Waals surface area contributed by atoms with Crippen molar-refractivity contribution in [3.63, 3.8) is 0 Å². The first-order valence-electron chi connectivity index (χ1n) is 11.2. The quantitative estimate of drug-likeness (QED) is 0.388. The predicted octanol–water partition coefficient (Wildman–Crippen LogP) is 7.93. The second-order valence-electron chi connectivity index (χ2n) is 9.19. The van der Waals surface area contributed by atoms with Crippen LogP contribution in [0.4, 0.5) is 5.69 Å². The van der Waals surface area contributed by atoms with Gasteiger partial charge in [-0.2, -0.15) is 0 Å². The highest BCUT2D eigenvalue weighted by atomic mass is 35.5. The number of benzene rings is 1. The Morgan fingerprint density at radius 3 is 2.54 bits per heavy atom. The second kappa shape index (κ2) is 9.85. The summed E-state index contributed by atoms with van der Waals surface area (Å²) in [5.41, 5.74) is 2.02. The first-order chi connectivity index (χ1) is 13.4. The molecular weight excluding hydrogens is 389 g/mol. The Bertz CT molecular complexity index is 683. The Morgan fingerprint density at radius 2 is 1.82 bits per heavy atom. The fraction of sp³-hybridized carbons (Fsp3) is 0.708. The van der Waals surface area contributed by atoms with Crippen LogP contribution in [0.5, 0.6) is 0 Å². The van der Waals surface area contributed by atoms with Crippen LogP contribution in [0.3, 0.4) is 0 Å². The fourth-order valence-corrected chi connectivity index (χ4v) is 6.03. The molecule has 1 aliphatic carbocycles. The molecule has 1 aromatic carbocycles. The summed E-state index contributed by atoms with van der Waals surface area (Å²) in [5.74, 6) is 0.964. The molecule has 0 saturated heterocycles. The lowest BCUT2D eigenvalue weighted by Crippen LogP contribution is -2.36. The van der Waals surface area contributed by atoms with Gasteiger partial charge in [-0.15, -0.1) is 0 Å². The number of fused-ring (bicyclic) bond motifs is 1. The van der Waals surface area contributed by atoms with Gasteiger partial charge in [0.2, 0.25) is 5.91 Å². The topological polar surface area (TPSA) is 20.3 Å². The third kappa shape index (κ3) is 5.05. The lowest BCUT2D eigenvalue weighted by atomic mass is 9.73. The SMILES string of the molecule is CCCCCCCC(=O)N1CC(C)(CC2CCCCC2)c2c(Cl)cc(Cl)cc21. The van der Waals surface area contributed by atoms with Gasteiger partial charge in [0.1, 0.15) is 0 Å². The zero-order valence-electron chi connectivity index (χ0n) is 17.5. The van der Waals surface area contributed by atoms with Crippen molar-refractivity contribution in [2.75, 3.05) is 11.4 Å². The summed E-state index contributed by atoms with van der Waals surface area (Å²) in [6, 6.07) is 3.80. The highest BCUT2D eigenvalue weighted by Crippen LogP contribution is 2.50. The number of halogens is 2. The molecule has 3 rings (SSSR count). The average molecular weight is 424 g/mol. The van der Waals surface area contributed by atoms with Crippen molar-refractivity contribution in [1.29, 1.82) is 0 Å². The van der Waals surface area contributed by atoms with Crippen molar-refractivity contribution < 1.29 is 4.79 Å². The van der Waals surface area contributed by atoms with Gasteiger partial charge in [0.25, 0.3) is 0 Å². The van der Waals surface area contributed by atoms with Gasteiger partial charge in [-0.3, -0.25) is 4.79 Å². The maximum absolute atomic E-state index is 13.1. The van der Waals surface area contributed by atoms with E-state index in [9.17, 15) is 4.79 Å². The molecule has 4 heteroatoms. The van der Waals surface area contributed by atoms with Crippen LogP contribution >= 0.6 is 23.2 Å². The van der Waals surface area contributed by atoms with Crippen LogP contribution in [0, 0.1) is 5.92 Å². The average Bonchev–Trinajstić information content (AvgIpc) is 2.94. The molecule has 0 spiro atoms. The van der Waals surface area contributed by atoms with Crippen LogP contribution in [-0.2, 0) is 10.2 Å². The molecule has 2 aliphatic rings. The van der Waals surface area contributed by atoms with Gasteiger partial charge in [-0.25, -0.2) is 0 Å². The summed E-state index contributed by atoms with van der Waals surface area (Å²) in [6.45, 7) is 5.26. The third-order valence-electron chi connectivity index (χ3n) is 6.69. The monoisotopic (exact) mass is 423 g/mol. The molecule has 0 aromatic heterocycles. The highest BCUT2D eigenvalue weighted by Gasteiger charge is 2.44.